The van der Waals surface area contributed by atoms with Crippen molar-refractivity contribution in [2.75, 3.05) is 0 Å². The summed E-state index contributed by atoms with van der Waals surface area (Å²) in [5.41, 5.74) is 2.29. The Morgan fingerprint density at radius 3 is 2.90 bits per heavy atom. The minimum atomic E-state index is 0.0639. The van der Waals surface area contributed by atoms with Crippen LogP contribution in [-0.2, 0) is 19.4 Å². The molecule has 0 saturated carbocycles. The van der Waals surface area contributed by atoms with Crippen LogP contribution in [0.4, 0.5) is 0 Å². The van der Waals surface area contributed by atoms with Crippen molar-refractivity contribution in [3.8, 4) is 0 Å². The van der Waals surface area contributed by atoms with Gasteiger partial charge in [0.25, 0.3) is 5.56 Å². The largest absolute Gasteiger partial charge is 0.335 e. The molecular weight excluding hydrogens is 288 g/mol. The molecule has 1 aliphatic heterocycles. The van der Waals surface area contributed by atoms with Gasteiger partial charge in [0.15, 0.2) is 4.77 Å². The van der Waals surface area contributed by atoms with Gasteiger partial charge in [-0.3, -0.25) is 9.36 Å². The average molecular weight is 304 g/mol. The van der Waals surface area contributed by atoms with Crippen LogP contribution in [0.5, 0.6) is 0 Å². The van der Waals surface area contributed by atoms with Crippen LogP contribution < -0.4 is 5.56 Å². The number of fused-ring (bicyclic) bond motifs is 1. The Balaban J connectivity index is 1.90. The first kappa shape index (κ1) is 13.6. The van der Waals surface area contributed by atoms with E-state index in [1.165, 1.54) is 5.56 Å². The van der Waals surface area contributed by atoms with Gasteiger partial charge in [-0.05, 0) is 24.2 Å². The van der Waals surface area contributed by atoms with Gasteiger partial charge in [-0.15, -0.1) is 11.8 Å². The van der Waals surface area contributed by atoms with Crippen LogP contribution in [0.2, 0.25) is 0 Å². The Hall–Kier alpha value is -1.33. The summed E-state index contributed by atoms with van der Waals surface area (Å²) in [7, 11) is 0. The van der Waals surface area contributed by atoms with E-state index in [9.17, 15) is 4.79 Å². The molecule has 20 heavy (non-hydrogen) atoms. The molecule has 3 rings (SSSR count). The molecule has 0 saturated heterocycles. The predicted molar refractivity (Wildman–Crippen MR) is 85.1 cm³/mol. The zero-order valence-electron chi connectivity index (χ0n) is 11.3. The van der Waals surface area contributed by atoms with Crippen molar-refractivity contribution in [3.63, 3.8) is 0 Å². The number of aromatic amines is 1. The Kier molecular flexibility index (Phi) is 3.81. The molecule has 0 amide bonds. The number of thioether (sulfide) groups is 1. The van der Waals surface area contributed by atoms with Crippen LogP contribution >= 0.6 is 24.0 Å². The molecule has 0 spiro atoms. The Morgan fingerprint density at radius 2 is 2.15 bits per heavy atom. The SMILES string of the molecule is C[C@@H]1Cc2[nH]c(=S)n(CCc3ccccc3)c(=O)c2S1. The van der Waals surface area contributed by atoms with Crippen molar-refractivity contribution in [2.24, 2.45) is 0 Å². The van der Waals surface area contributed by atoms with Gasteiger partial charge in [0.1, 0.15) is 0 Å². The number of benzene rings is 1. The van der Waals surface area contributed by atoms with E-state index in [1.807, 2.05) is 18.2 Å². The van der Waals surface area contributed by atoms with E-state index in [0.29, 0.717) is 16.6 Å². The van der Waals surface area contributed by atoms with Gasteiger partial charge in [-0.25, -0.2) is 0 Å². The molecular formula is C15H16N2OS2. The summed E-state index contributed by atoms with van der Waals surface area (Å²) in [4.78, 5) is 16.6. The second-order valence-corrected chi connectivity index (χ2v) is 6.90. The zero-order valence-corrected chi connectivity index (χ0v) is 12.9. The van der Waals surface area contributed by atoms with E-state index >= 15 is 0 Å². The first-order chi connectivity index (χ1) is 9.65. The molecule has 104 valence electrons. The maximum atomic E-state index is 12.5. The third-order valence-corrected chi connectivity index (χ3v) is 5.04. The zero-order chi connectivity index (χ0) is 14.1. The molecule has 0 fully saturated rings. The van der Waals surface area contributed by atoms with Crippen LogP contribution in [0.3, 0.4) is 0 Å². The summed E-state index contributed by atoms with van der Waals surface area (Å²) in [6.45, 7) is 2.76. The van der Waals surface area contributed by atoms with Crippen molar-refractivity contribution in [1.29, 1.82) is 0 Å². The second kappa shape index (κ2) is 5.58. The van der Waals surface area contributed by atoms with E-state index in [0.717, 1.165) is 23.4 Å². The lowest BCUT2D eigenvalue weighted by molar-refractivity contribution is 0.623. The highest BCUT2D eigenvalue weighted by Gasteiger charge is 2.23. The number of aromatic nitrogens is 2. The monoisotopic (exact) mass is 304 g/mol. The molecule has 0 unspecified atom stereocenters. The summed E-state index contributed by atoms with van der Waals surface area (Å²) >= 11 is 6.98. The normalized spacial score (nSPS) is 17.1. The number of hydrogen-bond donors (Lipinski definition) is 1. The van der Waals surface area contributed by atoms with Crippen LogP contribution in [-0.4, -0.2) is 14.8 Å². The van der Waals surface area contributed by atoms with Gasteiger partial charge in [0, 0.05) is 23.9 Å². The van der Waals surface area contributed by atoms with Crippen molar-refractivity contribution in [2.45, 2.75) is 36.5 Å². The highest BCUT2D eigenvalue weighted by molar-refractivity contribution is 8.00. The molecule has 1 aromatic heterocycles. The Bertz CT molecular complexity index is 734. The van der Waals surface area contributed by atoms with Gasteiger partial charge in [-0.2, -0.15) is 0 Å². The second-order valence-electron chi connectivity index (χ2n) is 5.06. The molecule has 2 aromatic rings. The number of nitrogens with one attached hydrogen (secondary N) is 1. The van der Waals surface area contributed by atoms with Crippen LogP contribution in [0.1, 0.15) is 18.2 Å². The lowest BCUT2D eigenvalue weighted by Gasteiger charge is -2.08. The van der Waals surface area contributed by atoms with Crippen LogP contribution in [0.15, 0.2) is 40.0 Å². The highest BCUT2D eigenvalue weighted by atomic mass is 32.2. The van der Waals surface area contributed by atoms with E-state index in [2.05, 4.69) is 24.0 Å². The summed E-state index contributed by atoms with van der Waals surface area (Å²) in [6.07, 6.45) is 1.72. The van der Waals surface area contributed by atoms with Gasteiger partial charge in [0.2, 0.25) is 0 Å². The van der Waals surface area contributed by atoms with Crippen molar-refractivity contribution < 1.29 is 0 Å². The van der Waals surface area contributed by atoms with Crippen LogP contribution in [0, 0.1) is 4.77 Å². The lowest BCUT2D eigenvalue weighted by atomic mass is 10.1. The predicted octanol–water partition coefficient (Wildman–Crippen LogP) is 3.19. The molecule has 5 heteroatoms. The van der Waals surface area contributed by atoms with Gasteiger partial charge in [0.05, 0.1) is 4.90 Å². The number of nitrogens with zero attached hydrogens (tertiary/aromatic N) is 1. The topological polar surface area (TPSA) is 37.8 Å². The molecule has 0 aliphatic carbocycles. The van der Waals surface area contributed by atoms with E-state index in [1.54, 1.807) is 16.3 Å². The van der Waals surface area contributed by atoms with Crippen molar-refractivity contribution in [1.82, 2.24) is 9.55 Å². The van der Waals surface area contributed by atoms with E-state index < -0.39 is 0 Å². The van der Waals surface area contributed by atoms with Gasteiger partial charge >= 0.3 is 0 Å². The molecule has 0 bridgehead atoms. The number of hydrogen-bond acceptors (Lipinski definition) is 3. The highest BCUT2D eigenvalue weighted by Crippen LogP contribution is 2.32. The molecule has 1 aromatic carbocycles. The molecule has 0 radical (unpaired) electrons. The summed E-state index contributed by atoms with van der Waals surface area (Å²) < 4.78 is 2.23. The lowest BCUT2D eigenvalue weighted by Crippen LogP contribution is -2.25. The smallest absolute Gasteiger partial charge is 0.268 e. The average Bonchev–Trinajstić information content (AvgIpc) is 2.80. The summed E-state index contributed by atoms with van der Waals surface area (Å²) in [5, 5.41) is 0.452. The van der Waals surface area contributed by atoms with E-state index in [4.69, 9.17) is 12.2 Å². The minimum Gasteiger partial charge on any atom is -0.335 e. The quantitative estimate of drug-likeness (QED) is 0.885. The summed E-state index contributed by atoms with van der Waals surface area (Å²) in [5.74, 6) is 0. The number of rotatable bonds is 3. The minimum absolute atomic E-state index is 0.0639. The number of H-pyrrole nitrogens is 1. The molecule has 1 aliphatic rings. The third kappa shape index (κ3) is 2.60. The van der Waals surface area contributed by atoms with E-state index in [-0.39, 0.29) is 5.56 Å². The fraction of sp³-hybridized carbons (Fsp3) is 0.333. The Labute approximate surface area is 127 Å². The molecule has 2 heterocycles. The Morgan fingerprint density at radius 1 is 1.40 bits per heavy atom. The maximum absolute atomic E-state index is 12.5. The van der Waals surface area contributed by atoms with Crippen molar-refractivity contribution in [3.05, 3.63) is 56.7 Å². The fourth-order valence-electron chi connectivity index (χ4n) is 2.48. The van der Waals surface area contributed by atoms with Gasteiger partial charge < -0.3 is 4.98 Å². The van der Waals surface area contributed by atoms with Gasteiger partial charge in [-0.1, -0.05) is 37.3 Å². The molecule has 1 N–H and O–H groups in total. The number of aryl methyl sites for hydroxylation is 1. The molecule has 1 atom stereocenters. The molecule has 3 nitrogen and oxygen atoms in total. The first-order valence-corrected chi connectivity index (χ1v) is 8.00. The fourth-order valence-corrected chi connectivity index (χ4v) is 3.92. The maximum Gasteiger partial charge on any atom is 0.268 e. The first-order valence-electron chi connectivity index (χ1n) is 6.71. The summed E-state index contributed by atoms with van der Waals surface area (Å²) in [6, 6.07) is 10.2. The third-order valence-electron chi connectivity index (χ3n) is 3.49. The van der Waals surface area contributed by atoms with Crippen LogP contribution in [0.25, 0.3) is 0 Å². The standard InChI is InChI=1S/C15H16N2OS2/c1-10-9-12-13(20-10)14(18)17(15(19)16-12)8-7-11-5-3-2-4-6-11/h2-6,10H,7-9H2,1H3,(H,16,19)/t10-/m1/s1. The van der Waals surface area contributed by atoms with Crippen molar-refractivity contribution >= 4 is 24.0 Å².